The molecule has 1 fully saturated rings. The normalized spacial score (nSPS) is 14.7. The van der Waals surface area contributed by atoms with Crippen molar-refractivity contribution >= 4 is 45.1 Å². The van der Waals surface area contributed by atoms with Gasteiger partial charge in [-0.2, -0.15) is 4.98 Å². The predicted octanol–water partition coefficient (Wildman–Crippen LogP) is 2.50. The standard InChI is InChI=1S/C18H17N5O2S.ClHO/c24-17-13(14-11-23-8-9-26-18(23)20-14)10-12-2-3-15(21-16(12)25-17)22-6-1-4-19-5-7-22;1-2/h2-3,8-11,19H,1,4-7H2;2H. The third-order valence-corrected chi connectivity index (χ3v) is 5.39. The summed E-state index contributed by atoms with van der Waals surface area (Å²) in [6.45, 7) is 3.79. The van der Waals surface area contributed by atoms with Crippen molar-refractivity contribution in [3.05, 3.63) is 46.4 Å². The van der Waals surface area contributed by atoms with Gasteiger partial charge in [0.2, 0.25) is 5.71 Å². The number of fused-ring (bicyclic) bond motifs is 2. The minimum Gasteiger partial charge on any atom is -0.403 e. The highest BCUT2D eigenvalue weighted by atomic mass is 35.5. The molecule has 5 heterocycles. The molecule has 5 rings (SSSR count). The van der Waals surface area contributed by atoms with Gasteiger partial charge in [-0.3, -0.25) is 9.06 Å². The predicted molar refractivity (Wildman–Crippen MR) is 110 cm³/mol. The number of halogens is 1. The zero-order valence-corrected chi connectivity index (χ0v) is 16.4. The molecular formula is C18H18ClN5O3S. The summed E-state index contributed by atoms with van der Waals surface area (Å²) in [5.74, 6) is 0.847. The Bertz CT molecular complexity index is 1120. The van der Waals surface area contributed by atoms with E-state index in [1.54, 1.807) is 0 Å². The Balaban J connectivity index is 0.000000932. The van der Waals surface area contributed by atoms with Gasteiger partial charge in [0, 0.05) is 42.8 Å². The fourth-order valence-corrected chi connectivity index (χ4v) is 3.98. The molecule has 0 radical (unpaired) electrons. The molecule has 0 spiro atoms. The van der Waals surface area contributed by atoms with E-state index in [1.807, 2.05) is 40.4 Å². The summed E-state index contributed by atoms with van der Waals surface area (Å²) in [4.78, 5) is 24.6. The molecule has 0 unspecified atom stereocenters. The van der Waals surface area contributed by atoms with Crippen LogP contribution in [0.4, 0.5) is 5.82 Å². The molecule has 0 bridgehead atoms. The van der Waals surface area contributed by atoms with Crippen LogP contribution in [0.5, 0.6) is 0 Å². The second-order valence-corrected chi connectivity index (χ2v) is 7.19. The lowest BCUT2D eigenvalue weighted by Gasteiger charge is -2.20. The number of aromatic nitrogens is 3. The maximum atomic E-state index is 12.5. The number of hydrogen-bond donors (Lipinski definition) is 2. The van der Waals surface area contributed by atoms with Crippen molar-refractivity contribution in [1.82, 2.24) is 19.7 Å². The van der Waals surface area contributed by atoms with Crippen LogP contribution in [0.3, 0.4) is 0 Å². The molecule has 0 aliphatic carbocycles. The third-order valence-electron chi connectivity index (χ3n) is 4.62. The van der Waals surface area contributed by atoms with E-state index in [0.29, 0.717) is 17.0 Å². The van der Waals surface area contributed by atoms with E-state index in [0.717, 1.165) is 48.8 Å². The molecule has 1 saturated heterocycles. The summed E-state index contributed by atoms with van der Waals surface area (Å²) in [6, 6.07) is 5.76. The minimum atomic E-state index is -0.412. The number of imidazole rings is 1. The lowest BCUT2D eigenvalue weighted by Crippen LogP contribution is -2.28. The summed E-state index contributed by atoms with van der Waals surface area (Å²) < 4.78 is 13.9. The van der Waals surface area contributed by atoms with Crippen molar-refractivity contribution < 1.29 is 9.08 Å². The Morgan fingerprint density at radius 1 is 1.21 bits per heavy atom. The Kier molecular flexibility index (Phi) is 5.58. The smallest absolute Gasteiger partial charge is 0.347 e. The SMILES string of the molecule is O=c1oc2nc(N3CCCNCC3)ccc2cc1-c1cn2ccsc2n1.OCl. The van der Waals surface area contributed by atoms with Crippen LogP contribution in [-0.4, -0.2) is 45.2 Å². The van der Waals surface area contributed by atoms with E-state index < -0.39 is 5.63 Å². The zero-order chi connectivity index (χ0) is 19.5. The first-order valence-corrected chi connectivity index (χ1v) is 10.00. The van der Waals surface area contributed by atoms with Gasteiger partial charge >= 0.3 is 5.63 Å². The van der Waals surface area contributed by atoms with Crippen LogP contribution in [0.2, 0.25) is 0 Å². The van der Waals surface area contributed by atoms with Gasteiger partial charge in [-0.1, -0.05) is 0 Å². The molecule has 1 aliphatic rings. The highest BCUT2D eigenvalue weighted by molar-refractivity contribution is 7.15. The average molecular weight is 420 g/mol. The van der Waals surface area contributed by atoms with E-state index in [2.05, 4.69) is 32.1 Å². The van der Waals surface area contributed by atoms with E-state index >= 15 is 0 Å². The summed E-state index contributed by atoms with van der Waals surface area (Å²) >= 11 is 5.17. The molecule has 28 heavy (non-hydrogen) atoms. The van der Waals surface area contributed by atoms with E-state index in [9.17, 15) is 4.79 Å². The number of nitrogens with one attached hydrogen (secondary N) is 1. The molecule has 8 nitrogen and oxygen atoms in total. The van der Waals surface area contributed by atoms with Crippen LogP contribution in [0.1, 0.15) is 6.42 Å². The van der Waals surface area contributed by atoms with Gasteiger partial charge in [0.25, 0.3) is 0 Å². The number of thiazole rings is 1. The van der Waals surface area contributed by atoms with E-state index in [4.69, 9.17) is 9.08 Å². The molecule has 2 N–H and O–H groups in total. The third kappa shape index (κ3) is 3.61. The van der Waals surface area contributed by atoms with E-state index in [-0.39, 0.29) is 0 Å². The Labute approximate surface area is 169 Å². The summed E-state index contributed by atoms with van der Waals surface area (Å²) in [7, 11) is 0. The number of pyridine rings is 1. The summed E-state index contributed by atoms with van der Waals surface area (Å²) in [6.07, 6.45) is 4.83. The van der Waals surface area contributed by atoms with Gasteiger partial charge in [-0.05, 0) is 31.2 Å². The molecule has 1 aliphatic heterocycles. The van der Waals surface area contributed by atoms with Gasteiger partial charge < -0.3 is 14.6 Å². The lowest BCUT2D eigenvalue weighted by atomic mass is 10.2. The summed E-state index contributed by atoms with van der Waals surface area (Å²) in [5.41, 5.74) is 1.04. The highest BCUT2D eigenvalue weighted by Crippen LogP contribution is 2.24. The van der Waals surface area contributed by atoms with Crippen LogP contribution in [0.15, 0.2) is 45.2 Å². The van der Waals surface area contributed by atoms with Gasteiger partial charge in [-0.25, -0.2) is 9.78 Å². The number of anilines is 1. The van der Waals surface area contributed by atoms with Crippen molar-refractivity contribution in [2.45, 2.75) is 6.42 Å². The van der Waals surface area contributed by atoms with Crippen molar-refractivity contribution in [2.75, 3.05) is 31.1 Å². The Morgan fingerprint density at radius 2 is 2.11 bits per heavy atom. The number of hydrogen-bond acceptors (Lipinski definition) is 8. The quantitative estimate of drug-likeness (QED) is 0.515. The van der Waals surface area contributed by atoms with Crippen LogP contribution in [0, 0.1) is 0 Å². The fraction of sp³-hybridized carbons (Fsp3) is 0.278. The van der Waals surface area contributed by atoms with Crippen LogP contribution < -0.4 is 15.8 Å². The first-order valence-electron chi connectivity index (χ1n) is 8.78. The average Bonchev–Trinajstić information content (AvgIpc) is 3.21. The van der Waals surface area contributed by atoms with E-state index in [1.165, 1.54) is 11.3 Å². The monoisotopic (exact) mass is 419 g/mol. The molecule has 146 valence electrons. The largest absolute Gasteiger partial charge is 0.403 e. The Morgan fingerprint density at radius 3 is 2.96 bits per heavy atom. The second kappa shape index (κ2) is 8.27. The van der Waals surface area contributed by atoms with Crippen molar-refractivity contribution in [3.8, 4) is 11.3 Å². The molecule has 10 heteroatoms. The van der Waals surface area contributed by atoms with Crippen LogP contribution >= 0.6 is 23.2 Å². The van der Waals surface area contributed by atoms with Crippen molar-refractivity contribution in [2.24, 2.45) is 0 Å². The van der Waals surface area contributed by atoms with Crippen LogP contribution in [-0.2, 0) is 0 Å². The molecule has 0 aromatic carbocycles. The van der Waals surface area contributed by atoms with Gasteiger partial charge in [0.05, 0.1) is 23.1 Å². The molecule has 0 atom stereocenters. The molecule has 0 saturated carbocycles. The molecule has 4 aromatic rings. The maximum Gasteiger partial charge on any atom is 0.347 e. The first kappa shape index (κ1) is 18.9. The van der Waals surface area contributed by atoms with Crippen molar-refractivity contribution in [3.63, 3.8) is 0 Å². The zero-order valence-electron chi connectivity index (χ0n) is 14.8. The van der Waals surface area contributed by atoms with Gasteiger partial charge in [-0.15, -0.1) is 11.3 Å². The second-order valence-electron chi connectivity index (χ2n) is 6.32. The fourth-order valence-electron chi connectivity index (χ4n) is 3.28. The summed E-state index contributed by atoms with van der Waals surface area (Å²) in [5, 5.41) is 6.13. The molecule has 0 amide bonds. The molecule has 4 aromatic heterocycles. The number of nitrogens with zero attached hydrogens (tertiary/aromatic N) is 4. The van der Waals surface area contributed by atoms with Crippen LogP contribution in [0.25, 0.3) is 27.3 Å². The van der Waals surface area contributed by atoms with Gasteiger partial charge in [0.15, 0.2) is 4.96 Å². The van der Waals surface area contributed by atoms with Crippen molar-refractivity contribution in [1.29, 1.82) is 0 Å². The minimum absolute atomic E-state index is 0.370. The first-order chi connectivity index (χ1) is 13.8. The topological polar surface area (TPSA) is 95.9 Å². The maximum absolute atomic E-state index is 12.5. The highest BCUT2D eigenvalue weighted by Gasteiger charge is 2.15. The molecular weight excluding hydrogens is 402 g/mol. The Hall–Kier alpha value is -2.46. The number of rotatable bonds is 2. The lowest BCUT2D eigenvalue weighted by molar-refractivity contribution is 0.551. The van der Waals surface area contributed by atoms with Gasteiger partial charge in [0.1, 0.15) is 5.82 Å².